The minimum atomic E-state index is -2.77. The Morgan fingerprint density at radius 2 is 1.91 bits per heavy atom. The molecular formula is C34H34ClF4N5O. The summed E-state index contributed by atoms with van der Waals surface area (Å²) < 4.78 is 65.7. The summed E-state index contributed by atoms with van der Waals surface area (Å²) >= 11 is 6.58. The first-order valence-corrected chi connectivity index (χ1v) is 16.2. The van der Waals surface area contributed by atoms with Gasteiger partial charge in [0.1, 0.15) is 24.0 Å². The Bertz CT molecular complexity index is 1810. The molecule has 2 aromatic heterocycles. The molecule has 0 spiro atoms. The van der Waals surface area contributed by atoms with Crippen molar-refractivity contribution in [2.24, 2.45) is 0 Å². The Kier molecular flexibility index (Phi) is 7.18. The molecule has 6 heterocycles. The van der Waals surface area contributed by atoms with E-state index in [4.69, 9.17) is 26.3 Å². The van der Waals surface area contributed by atoms with E-state index in [0.29, 0.717) is 57.6 Å². The molecule has 0 radical (unpaired) electrons. The molecule has 0 amide bonds. The van der Waals surface area contributed by atoms with Crippen molar-refractivity contribution in [1.29, 1.82) is 0 Å². The third kappa shape index (κ3) is 4.95. The lowest BCUT2D eigenvalue weighted by molar-refractivity contribution is 0.107. The van der Waals surface area contributed by atoms with Gasteiger partial charge in [-0.05, 0) is 75.6 Å². The van der Waals surface area contributed by atoms with E-state index in [1.807, 2.05) is 0 Å². The van der Waals surface area contributed by atoms with Crippen molar-refractivity contribution in [3.05, 3.63) is 58.1 Å². The summed E-state index contributed by atoms with van der Waals surface area (Å²) in [5, 5.41) is 5.40. The number of pyridine rings is 1. The second-order valence-electron chi connectivity index (χ2n) is 13.4. The van der Waals surface area contributed by atoms with Gasteiger partial charge in [0.25, 0.3) is 6.43 Å². The first-order chi connectivity index (χ1) is 21.7. The Balaban J connectivity index is 1.30. The van der Waals surface area contributed by atoms with E-state index in [2.05, 4.69) is 15.2 Å². The number of hydrogen-bond donors (Lipinski definition) is 1. The molecule has 4 fully saturated rings. The van der Waals surface area contributed by atoms with Crippen LogP contribution in [0, 0.1) is 12.7 Å². The fourth-order valence-corrected chi connectivity index (χ4v) is 8.83. The predicted octanol–water partition coefficient (Wildman–Crippen LogP) is 7.84. The Morgan fingerprint density at radius 3 is 2.69 bits per heavy atom. The minimum Gasteiger partial charge on any atom is -0.461 e. The number of nitrogens with one attached hydrogen (secondary N) is 1. The van der Waals surface area contributed by atoms with E-state index in [1.165, 1.54) is 12.1 Å². The molecule has 8 rings (SSSR count). The van der Waals surface area contributed by atoms with Crippen LogP contribution in [0.15, 0.2) is 30.3 Å². The van der Waals surface area contributed by atoms with Crippen LogP contribution in [-0.4, -0.2) is 63.3 Å². The number of halogens is 5. The summed E-state index contributed by atoms with van der Waals surface area (Å²) in [5.74, 6) is -0.693. The summed E-state index contributed by atoms with van der Waals surface area (Å²) in [4.78, 5) is 16.4. The molecule has 236 valence electrons. The van der Waals surface area contributed by atoms with E-state index in [1.54, 1.807) is 25.1 Å². The molecule has 45 heavy (non-hydrogen) atoms. The number of fused-ring (bicyclic) bond motifs is 5. The third-order valence-electron chi connectivity index (χ3n) is 10.5. The lowest BCUT2D eigenvalue weighted by Gasteiger charge is -2.31. The van der Waals surface area contributed by atoms with Crippen molar-refractivity contribution in [3.8, 4) is 17.3 Å². The Morgan fingerprint density at radius 1 is 1.11 bits per heavy atom. The zero-order valence-electron chi connectivity index (χ0n) is 24.9. The highest BCUT2D eigenvalue weighted by molar-refractivity contribution is 6.36. The van der Waals surface area contributed by atoms with Crippen molar-refractivity contribution in [1.82, 2.24) is 25.2 Å². The van der Waals surface area contributed by atoms with Gasteiger partial charge in [-0.15, -0.1) is 0 Å². The predicted molar refractivity (Wildman–Crippen MR) is 165 cm³/mol. The van der Waals surface area contributed by atoms with Crippen LogP contribution in [-0.2, 0) is 0 Å². The number of alkyl halides is 3. The highest BCUT2D eigenvalue weighted by atomic mass is 35.5. The Labute approximate surface area is 263 Å². The fourth-order valence-electron chi connectivity index (χ4n) is 8.54. The second-order valence-corrected chi connectivity index (χ2v) is 13.8. The van der Waals surface area contributed by atoms with Crippen LogP contribution in [0.5, 0.6) is 6.01 Å². The number of ether oxygens (including phenoxy) is 1. The van der Waals surface area contributed by atoms with Crippen molar-refractivity contribution in [2.75, 3.05) is 19.7 Å². The molecule has 4 atom stereocenters. The molecule has 4 aliphatic rings. The van der Waals surface area contributed by atoms with Crippen LogP contribution < -0.4 is 10.1 Å². The topological polar surface area (TPSA) is 63.2 Å². The number of aryl methyl sites for hydroxylation is 1. The maximum absolute atomic E-state index is 16.9. The van der Waals surface area contributed by atoms with Gasteiger partial charge in [0.05, 0.1) is 11.2 Å². The van der Waals surface area contributed by atoms with Gasteiger partial charge in [0.2, 0.25) is 0 Å². The average Bonchev–Trinajstić information content (AvgIpc) is 3.67. The van der Waals surface area contributed by atoms with Gasteiger partial charge in [-0.2, -0.15) is 9.97 Å². The summed E-state index contributed by atoms with van der Waals surface area (Å²) in [5.41, 5.74) is 0.657. The van der Waals surface area contributed by atoms with Crippen molar-refractivity contribution in [2.45, 2.75) is 88.0 Å². The monoisotopic (exact) mass is 639 g/mol. The lowest BCUT2D eigenvalue weighted by Crippen LogP contribution is -2.43. The number of nitrogens with zero attached hydrogens (tertiary/aromatic N) is 4. The normalized spacial score (nSPS) is 28.1. The molecule has 11 heteroatoms. The summed E-state index contributed by atoms with van der Waals surface area (Å²) in [6.45, 7) is 3.21. The summed E-state index contributed by atoms with van der Waals surface area (Å²) in [6.07, 6.45) is 2.37. The number of aromatic nitrogens is 3. The van der Waals surface area contributed by atoms with Crippen LogP contribution in [0.1, 0.15) is 74.2 Å². The van der Waals surface area contributed by atoms with Gasteiger partial charge in [-0.1, -0.05) is 23.7 Å². The lowest BCUT2D eigenvalue weighted by atomic mass is 9.87. The van der Waals surface area contributed by atoms with Crippen LogP contribution >= 0.6 is 11.6 Å². The smallest absolute Gasteiger partial charge is 0.317 e. The molecule has 4 aromatic rings. The number of benzene rings is 2. The van der Waals surface area contributed by atoms with Crippen LogP contribution in [0.4, 0.5) is 17.6 Å². The van der Waals surface area contributed by atoms with Crippen LogP contribution in [0.3, 0.4) is 0 Å². The minimum absolute atomic E-state index is 0.0431. The molecule has 1 N–H and O–H groups in total. The molecule has 0 aliphatic carbocycles. The molecule has 2 aromatic carbocycles. The quantitative estimate of drug-likeness (QED) is 0.217. The Hall–Kier alpha value is -3.08. The zero-order valence-corrected chi connectivity index (χ0v) is 25.7. The van der Waals surface area contributed by atoms with E-state index < -0.39 is 24.0 Å². The molecule has 2 bridgehead atoms. The maximum Gasteiger partial charge on any atom is 0.317 e. The molecular weight excluding hydrogens is 606 g/mol. The summed E-state index contributed by atoms with van der Waals surface area (Å²) in [6, 6.07) is 8.40. The molecule has 4 saturated heterocycles. The first kappa shape index (κ1) is 29.3. The molecule has 2 unspecified atom stereocenters. The first-order valence-electron chi connectivity index (χ1n) is 15.9. The van der Waals surface area contributed by atoms with Crippen LogP contribution in [0.25, 0.3) is 32.9 Å². The van der Waals surface area contributed by atoms with E-state index in [0.717, 1.165) is 45.1 Å². The van der Waals surface area contributed by atoms with Crippen molar-refractivity contribution >= 4 is 33.3 Å². The van der Waals surface area contributed by atoms with Crippen molar-refractivity contribution in [3.63, 3.8) is 0 Å². The third-order valence-corrected chi connectivity index (χ3v) is 10.8. The summed E-state index contributed by atoms with van der Waals surface area (Å²) in [7, 11) is 0. The average molecular weight is 640 g/mol. The van der Waals surface area contributed by atoms with Gasteiger partial charge in [0, 0.05) is 63.6 Å². The molecule has 0 saturated carbocycles. The van der Waals surface area contributed by atoms with Gasteiger partial charge in [-0.25, -0.2) is 22.5 Å². The zero-order chi connectivity index (χ0) is 31.0. The molecule has 4 aliphatic heterocycles. The van der Waals surface area contributed by atoms with Gasteiger partial charge in [-0.3, -0.25) is 4.90 Å². The maximum atomic E-state index is 16.9. The number of rotatable bonds is 6. The van der Waals surface area contributed by atoms with E-state index in [9.17, 15) is 13.2 Å². The van der Waals surface area contributed by atoms with E-state index >= 15 is 4.39 Å². The number of piperidine rings is 1. The van der Waals surface area contributed by atoms with E-state index in [-0.39, 0.29) is 40.9 Å². The SMILES string of the molecule is Cc1nc(-c2cc(C(F)F)cc3cccc(Cl)c23)c(F)c2nc(OC[C@@]34CCCN3C[C@H](F)C4)nc(C3CC4CCC(C3)N4)c12. The van der Waals surface area contributed by atoms with Crippen LogP contribution in [0.2, 0.25) is 5.02 Å². The van der Waals surface area contributed by atoms with Crippen molar-refractivity contribution < 1.29 is 22.3 Å². The van der Waals surface area contributed by atoms with Gasteiger partial charge in [0.15, 0.2) is 5.82 Å². The van der Waals surface area contributed by atoms with Gasteiger partial charge < -0.3 is 10.1 Å². The largest absolute Gasteiger partial charge is 0.461 e. The highest BCUT2D eigenvalue weighted by Gasteiger charge is 2.49. The number of hydrogen-bond acceptors (Lipinski definition) is 6. The second kappa shape index (κ2) is 11.0. The fraction of sp³-hybridized carbons (Fsp3) is 0.500. The highest BCUT2D eigenvalue weighted by Crippen LogP contribution is 2.44. The van der Waals surface area contributed by atoms with Gasteiger partial charge >= 0.3 is 6.01 Å². The standard InChI is InChI=1S/C34H34ClF4N5O/c1-17-26-29(19-11-22-6-7-23(12-19)41-22)42-33(45-16-34-8-3-9-44(34)15-21(36)14-34)43-31(26)28(37)30(40-17)24-13-20(32(38)39)10-18-4-2-5-25(35)27(18)24/h2,4-5,10,13,19,21-23,32,41H,3,6-9,11-12,14-16H2,1H3/t19?,21-,22?,23?,34+/m1/s1. The molecule has 6 nitrogen and oxygen atoms in total.